The van der Waals surface area contributed by atoms with Crippen molar-refractivity contribution in [1.82, 2.24) is 4.98 Å². The number of oxazole rings is 1. The minimum absolute atomic E-state index is 0.0434. The Kier molecular flexibility index (Phi) is 2.05. The number of carbonyl (C=O) groups is 1. The van der Waals surface area contributed by atoms with E-state index in [1.54, 1.807) is 18.2 Å². The van der Waals surface area contributed by atoms with E-state index in [1.165, 1.54) is 6.92 Å². The van der Waals surface area contributed by atoms with Crippen LogP contribution in [0.25, 0.3) is 11.1 Å². The van der Waals surface area contributed by atoms with Gasteiger partial charge in [0.05, 0.1) is 6.61 Å². The van der Waals surface area contributed by atoms with Crippen LogP contribution in [-0.2, 0) is 6.61 Å². The molecule has 0 fully saturated rings. The summed E-state index contributed by atoms with van der Waals surface area (Å²) in [5.74, 6) is -0.0955. The molecule has 14 heavy (non-hydrogen) atoms. The lowest BCUT2D eigenvalue weighted by Gasteiger charge is -1.92. The van der Waals surface area contributed by atoms with E-state index in [-0.39, 0.29) is 18.3 Å². The molecule has 1 heterocycles. The fourth-order valence-corrected chi connectivity index (χ4v) is 1.22. The van der Waals surface area contributed by atoms with Crippen LogP contribution in [0.4, 0.5) is 0 Å². The summed E-state index contributed by atoms with van der Waals surface area (Å²) in [5.41, 5.74) is 1.91. The average molecular weight is 191 g/mol. The quantitative estimate of drug-likeness (QED) is 0.731. The molecule has 2 rings (SSSR count). The molecule has 1 aromatic carbocycles. The lowest BCUT2D eigenvalue weighted by Crippen LogP contribution is -1.90. The number of rotatable bonds is 2. The van der Waals surface area contributed by atoms with Gasteiger partial charge in [0.25, 0.3) is 5.89 Å². The van der Waals surface area contributed by atoms with Crippen LogP contribution in [0.5, 0.6) is 0 Å². The highest BCUT2D eigenvalue weighted by molar-refractivity contribution is 5.92. The highest BCUT2D eigenvalue weighted by Crippen LogP contribution is 2.17. The topological polar surface area (TPSA) is 63.3 Å². The SMILES string of the molecule is CC(=O)c1nc2cc(CO)ccc2o1. The minimum Gasteiger partial charge on any atom is -0.434 e. The molecule has 2 aromatic rings. The van der Waals surface area contributed by atoms with Gasteiger partial charge in [-0.05, 0) is 17.7 Å². The molecule has 72 valence electrons. The van der Waals surface area contributed by atoms with Crippen LogP contribution in [0.2, 0.25) is 0 Å². The van der Waals surface area contributed by atoms with Crippen molar-refractivity contribution in [3.63, 3.8) is 0 Å². The standard InChI is InChI=1S/C10H9NO3/c1-6(13)10-11-8-4-7(5-12)2-3-9(8)14-10/h2-4,12H,5H2,1H3. The zero-order chi connectivity index (χ0) is 10.1. The molecule has 0 saturated heterocycles. The van der Waals surface area contributed by atoms with Crippen LogP contribution in [0.3, 0.4) is 0 Å². The Bertz CT molecular complexity index is 487. The van der Waals surface area contributed by atoms with E-state index < -0.39 is 0 Å². The smallest absolute Gasteiger partial charge is 0.263 e. The third-order valence-electron chi connectivity index (χ3n) is 1.94. The van der Waals surface area contributed by atoms with Crippen LogP contribution >= 0.6 is 0 Å². The van der Waals surface area contributed by atoms with Crippen molar-refractivity contribution in [2.45, 2.75) is 13.5 Å². The third-order valence-corrected chi connectivity index (χ3v) is 1.94. The fourth-order valence-electron chi connectivity index (χ4n) is 1.22. The monoisotopic (exact) mass is 191 g/mol. The second-order valence-electron chi connectivity index (χ2n) is 3.04. The number of aromatic nitrogens is 1. The molecule has 0 amide bonds. The number of benzene rings is 1. The second kappa shape index (κ2) is 3.23. The average Bonchev–Trinajstić information content (AvgIpc) is 2.59. The van der Waals surface area contributed by atoms with Crippen LogP contribution in [-0.4, -0.2) is 15.9 Å². The van der Waals surface area contributed by atoms with Gasteiger partial charge in [-0.3, -0.25) is 4.79 Å². The number of carbonyl (C=O) groups excluding carboxylic acids is 1. The molecule has 4 heteroatoms. The predicted octanol–water partition coefficient (Wildman–Crippen LogP) is 1.52. The van der Waals surface area contributed by atoms with E-state index in [4.69, 9.17) is 9.52 Å². The summed E-state index contributed by atoms with van der Waals surface area (Å²) < 4.78 is 5.19. The number of fused-ring (bicyclic) bond motifs is 1. The molecule has 1 N–H and O–H groups in total. The maximum atomic E-state index is 11.0. The summed E-state index contributed by atoms with van der Waals surface area (Å²) in [6.07, 6.45) is 0. The molecule has 0 radical (unpaired) electrons. The second-order valence-corrected chi connectivity index (χ2v) is 3.04. The van der Waals surface area contributed by atoms with Crippen molar-refractivity contribution < 1.29 is 14.3 Å². The van der Waals surface area contributed by atoms with Crippen molar-refractivity contribution in [1.29, 1.82) is 0 Å². The lowest BCUT2D eigenvalue weighted by atomic mass is 10.2. The van der Waals surface area contributed by atoms with Gasteiger partial charge in [-0.1, -0.05) is 6.07 Å². The Morgan fingerprint density at radius 1 is 1.57 bits per heavy atom. The molecule has 0 spiro atoms. The fraction of sp³-hybridized carbons (Fsp3) is 0.200. The maximum absolute atomic E-state index is 11.0. The summed E-state index contributed by atoms with van der Waals surface area (Å²) in [7, 11) is 0. The highest BCUT2D eigenvalue weighted by Gasteiger charge is 2.09. The van der Waals surface area contributed by atoms with E-state index in [9.17, 15) is 4.79 Å². The van der Waals surface area contributed by atoms with Crippen LogP contribution in [0, 0.1) is 0 Å². The first-order valence-electron chi connectivity index (χ1n) is 4.22. The van der Waals surface area contributed by atoms with Crippen molar-refractivity contribution in [3.8, 4) is 0 Å². The van der Waals surface area contributed by atoms with Crippen molar-refractivity contribution in [3.05, 3.63) is 29.7 Å². The molecule has 0 aliphatic carbocycles. The highest BCUT2D eigenvalue weighted by atomic mass is 16.4. The molecular weight excluding hydrogens is 182 g/mol. The van der Waals surface area contributed by atoms with Gasteiger partial charge in [0, 0.05) is 6.92 Å². The number of aliphatic hydroxyl groups excluding tert-OH is 1. The Labute approximate surface area is 80.2 Å². The largest absolute Gasteiger partial charge is 0.434 e. The molecule has 0 atom stereocenters. The number of hydrogen-bond donors (Lipinski definition) is 1. The minimum atomic E-state index is -0.202. The Morgan fingerprint density at radius 3 is 3.00 bits per heavy atom. The molecule has 0 unspecified atom stereocenters. The van der Waals surface area contributed by atoms with Crippen molar-refractivity contribution in [2.24, 2.45) is 0 Å². The molecular formula is C10H9NO3. The molecule has 4 nitrogen and oxygen atoms in total. The molecule has 0 bridgehead atoms. The predicted molar refractivity (Wildman–Crippen MR) is 49.9 cm³/mol. The summed E-state index contributed by atoms with van der Waals surface area (Å²) in [4.78, 5) is 15.0. The Morgan fingerprint density at radius 2 is 2.36 bits per heavy atom. The van der Waals surface area contributed by atoms with E-state index in [1.807, 2.05) is 0 Å². The molecule has 0 aliphatic rings. The van der Waals surface area contributed by atoms with Gasteiger partial charge >= 0.3 is 0 Å². The molecule has 1 aromatic heterocycles. The van der Waals surface area contributed by atoms with E-state index >= 15 is 0 Å². The van der Waals surface area contributed by atoms with Gasteiger partial charge in [-0.2, -0.15) is 0 Å². The summed E-state index contributed by atoms with van der Waals surface area (Å²) in [5, 5.41) is 8.89. The number of Topliss-reactive ketones (excluding diaryl/α,β-unsaturated/α-hetero) is 1. The van der Waals surface area contributed by atoms with Crippen molar-refractivity contribution >= 4 is 16.9 Å². The normalized spacial score (nSPS) is 10.7. The summed E-state index contributed by atoms with van der Waals surface area (Å²) in [6.45, 7) is 1.36. The maximum Gasteiger partial charge on any atom is 0.263 e. The van der Waals surface area contributed by atoms with Crippen molar-refractivity contribution in [2.75, 3.05) is 0 Å². The molecule has 0 aliphatic heterocycles. The first-order chi connectivity index (χ1) is 6.70. The summed E-state index contributed by atoms with van der Waals surface area (Å²) >= 11 is 0. The van der Waals surface area contributed by atoms with Crippen LogP contribution in [0.15, 0.2) is 22.6 Å². The first kappa shape index (κ1) is 8.90. The number of aliphatic hydroxyl groups is 1. The number of ketones is 1. The van der Waals surface area contributed by atoms with Gasteiger partial charge in [-0.25, -0.2) is 4.98 Å². The van der Waals surface area contributed by atoms with Gasteiger partial charge < -0.3 is 9.52 Å². The van der Waals surface area contributed by atoms with Gasteiger partial charge in [0.2, 0.25) is 5.78 Å². The van der Waals surface area contributed by atoms with E-state index in [0.29, 0.717) is 11.1 Å². The Hall–Kier alpha value is -1.68. The zero-order valence-electron chi connectivity index (χ0n) is 7.65. The molecule has 0 saturated carbocycles. The van der Waals surface area contributed by atoms with Crippen LogP contribution < -0.4 is 0 Å². The van der Waals surface area contributed by atoms with Gasteiger partial charge in [0.1, 0.15) is 5.52 Å². The van der Waals surface area contributed by atoms with E-state index in [0.717, 1.165) is 5.56 Å². The Balaban J connectivity index is 2.60. The van der Waals surface area contributed by atoms with E-state index in [2.05, 4.69) is 4.98 Å². The third kappa shape index (κ3) is 1.40. The van der Waals surface area contributed by atoms with Gasteiger partial charge in [0.15, 0.2) is 5.58 Å². The van der Waals surface area contributed by atoms with Gasteiger partial charge in [-0.15, -0.1) is 0 Å². The van der Waals surface area contributed by atoms with Crippen LogP contribution in [0.1, 0.15) is 23.2 Å². The zero-order valence-corrected chi connectivity index (χ0v) is 7.65. The summed E-state index contributed by atoms with van der Waals surface area (Å²) in [6, 6.07) is 5.13. The number of nitrogens with zero attached hydrogens (tertiary/aromatic N) is 1. The number of hydrogen-bond acceptors (Lipinski definition) is 4. The lowest BCUT2D eigenvalue weighted by molar-refractivity contribution is 0.0983. The first-order valence-corrected chi connectivity index (χ1v) is 4.22.